The molecule has 1 amide bonds. The highest BCUT2D eigenvalue weighted by atomic mass is 32.2. The van der Waals surface area contributed by atoms with E-state index in [4.69, 9.17) is 4.74 Å². The maximum absolute atomic E-state index is 12.5. The van der Waals surface area contributed by atoms with Gasteiger partial charge in [-0.2, -0.15) is 5.26 Å². The van der Waals surface area contributed by atoms with E-state index in [1.807, 2.05) is 12.1 Å². The van der Waals surface area contributed by atoms with Crippen LogP contribution in [-0.4, -0.2) is 28.5 Å². The first-order chi connectivity index (χ1) is 12.8. The zero-order valence-electron chi connectivity index (χ0n) is 14.9. The molecule has 1 fully saturated rings. The SMILES string of the molecule is CNS(=O)(=O)c1cc(C(=O)Nc2ccc(C3(C#N)CC3)cc2)ccc1OC. The Morgan fingerprint density at radius 1 is 1.19 bits per heavy atom. The average molecular weight is 385 g/mol. The van der Waals surface area contributed by atoms with Crippen molar-refractivity contribution in [1.29, 1.82) is 5.26 Å². The van der Waals surface area contributed by atoms with Crippen molar-refractivity contribution in [3.05, 3.63) is 53.6 Å². The number of carbonyl (C=O) groups excluding carboxylic acids is 1. The topological polar surface area (TPSA) is 108 Å². The molecule has 27 heavy (non-hydrogen) atoms. The first-order valence-corrected chi connectivity index (χ1v) is 9.78. The number of nitrogens with zero attached hydrogens (tertiary/aromatic N) is 1. The van der Waals surface area contributed by atoms with Gasteiger partial charge in [0.2, 0.25) is 10.0 Å². The molecular weight excluding hydrogens is 366 g/mol. The standard InChI is InChI=1S/C19H19N3O4S/c1-21-27(24,25)17-11-13(3-8-16(17)26-2)18(23)22-15-6-4-14(5-7-15)19(12-20)9-10-19/h3-8,11,21H,9-10H2,1-2H3,(H,22,23). The maximum Gasteiger partial charge on any atom is 0.255 e. The fraction of sp³-hybridized carbons (Fsp3) is 0.263. The minimum atomic E-state index is -3.77. The number of rotatable bonds is 6. The Balaban J connectivity index is 1.82. The third kappa shape index (κ3) is 3.65. The maximum atomic E-state index is 12.5. The number of hydrogen-bond acceptors (Lipinski definition) is 5. The highest BCUT2D eigenvalue weighted by Crippen LogP contribution is 2.47. The van der Waals surface area contributed by atoms with Crippen LogP contribution < -0.4 is 14.8 Å². The van der Waals surface area contributed by atoms with Crippen molar-refractivity contribution in [3.8, 4) is 11.8 Å². The van der Waals surface area contributed by atoms with Crippen molar-refractivity contribution in [1.82, 2.24) is 4.72 Å². The summed E-state index contributed by atoms with van der Waals surface area (Å²) in [5, 5.41) is 12.0. The molecular formula is C19H19N3O4S. The van der Waals surface area contributed by atoms with Crippen molar-refractivity contribution in [2.75, 3.05) is 19.5 Å². The smallest absolute Gasteiger partial charge is 0.255 e. The summed E-state index contributed by atoms with van der Waals surface area (Å²) in [6.45, 7) is 0. The summed E-state index contributed by atoms with van der Waals surface area (Å²) in [5.41, 5.74) is 1.31. The summed E-state index contributed by atoms with van der Waals surface area (Å²) in [6.07, 6.45) is 1.70. The van der Waals surface area contributed by atoms with Crippen LogP contribution in [0.1, 0.15) is 28.8 Å². The number of nitrogens with one attached hydrogen (secondary N) is 2. The predicted octanol–water partition coefficient (Wildman–Crippen LogP) is 2.41. The van der Waals surface area contributed by atoms with Gasteiger partial charge in [0.1, 0.15) is 10.6 Å². The molecule has 3 rings (SSSR count). The minimum Gasteiger partial charge on any atom is -0.495 e. The lowest BCUT2D eigenvalue weighted by molar-refractivity contribution is 0.102. The van der Waals surface area contributed by atoms with Gasteiger partial charge in [-0.1, -0.05) is 12.1 Å². The Labute approximate surface area is 158 Å². The van der Waals surface area contributed by atoms with Crippen molar-refractivity contribution < 1.29 is 17.9 Å². The Kier molecular flexibility index (Phi) is 4.91. The van der Waals surface area contributed by atoms with Crippen LogP contribution in [0.5, 0.6) is 5.75 Å². The number of methoxy groups -OCH3 is 1. The number of nitriles is 1. The largest absolute Gasteiger partial charge is 0.495 e. The van der Waals surface area contributed by atoms with Crippen LogP contribution in [0.15, 0.2) is 47.4 Å². The summed E-state index contributed by atoms with van der Waals surface area (Å²) in [6, 6.07) is 13.7. The van der Waals surface area contributed by atoms with E-state index in [1.54, 1.807) is 12.1 Å². The molecule has 0 spiro atoms. The molecule has 0 bridgehead atoms. The molecule has 0 heterocycles. The number of anilines is 1. The van der Waals surface area contributed by atoms with Gasteiger partial charge in [0.15, 0.2) is 0 Å². The zero-order valence-corrected chi connectivity index (χ0v) is 15.8. The van der Waals surface area contributed by atoms with Gasteiger partial charge >= 0.3 is 0 Å². The van der Waals surface area contributed by atoms with Gasteiger partial charge in [-0.3, -0.25) is 4.79 Å². The Bertz CT molecular complexity index is 1020. The second-order valence-corrected chi connectivity index (χ2v) is 8.15. The molecule has 0 atom stereocenters. The number of sulfonamides is 1. The molecule has 0 aromatic heterocycles. The third-order valence-electron chi connectivity index (χ3n) is 4.64. The lowest BCUT2D eigenvalue weighted by Gasteiger charge is -2.12. The van der Waals surface area contributed by atoms with Crippen molar-refractivity contribution in [2.45, 2.75) is 23.2 Å². The summed E-state index contributed by atoms with van der Waals surface area (Å²) >= 11 is 0. The fourth-order valence-corrected chi connectivity index (χ4v) is 3.72. The van der Waals surface area contributed by atoms with Crippen molar-refractivity contribution >= 4 is 21.6 Å². The monoisotopic (exact) mass is 385 g/mol. The van der Waals surface area contributed by atoms with Crippen LogP contribution in [-0.2, 0) is 15.4 Å². The molecule has 0 radical (unpaired) electrons. The van der Waals surface area contributed by atoms with Gasteiger partial charge in [-0.15, -0.1) is 0 Å². The van der Waals surface area contributed by atoms with Crippen LogP contribution in [0.25, 0.3) is 0 Å². The van der Waals surface area contributed by atoms with Crippen LogP contribution in [0.4, 0.5) is 5.69 Å². The van der Waals surface area contributed by atoms with Crippen LogP contribution in [0, 0.1) is 11.3 Å². The van der Waals surface area contributed by atoms with Gasteiger partial charge in [0.05, 0.1) is 18.6 Å². The van der Waals surface area contributed by atoms with Crippen LogP contribution in [0.3, 0.4) is 0 Å². The molecule has 1 aliphatic carbocycles. The number of carbonyl (C=O) groups is 1. The highest BCUT2D eigenvalue weighted by molar-refractivity contribution is 7.89. The molecule has 7 nitrogen and oxygen atoms in total. The van der Waals surface area contributed by atoms with Crippen molar-refractivity contribution in [2.24, 2.45) is 0 Å². The van der Waals surface area contributed by atoms with E-state index in [-0.39, 0.29) is 21.6 Å². The quantitative estimate of drug-likeness (QED) is 0.794. The minimum absolute atomic E-state index is 0.111. The van der Waals surface area contributed by atoms with E-state index in [9.17, 15) is 18.5 Å². The van der Waals surface area contributed by atoms with Crippen molar-refractivity contribution in [3.63, 3.8) is 0 Å². The lowest BCUT2D eigenvalue weighted by atomic mass is 9.98. The number of hydrogen-bond donors (Lipinski definition) is 2. The van der Waals surface area contributed by atoms with E-state index < -0.39 is 15.9 Å². The van der Waals surface area contributed by atoms with Gasteiger partial charge in [0.25, 0.3) is 5.91 Å². The highest BCUT2D eigenvalue weighted by Gasteiger charge is 2.44. The van der Waals surface area contributed by atoms with Gasteiger partial charge < -0.3 is 10.1 Å². The Morgan fingerprint density at radius 3 is 2.37 bits per heavy atom. The number of benzene rings is 2. The second kappa shape index (κ2) is 7.02. The Morgan fingerprint density at radius 2 is 1.85 bits per heavy atom. The van der Waals surface area contributed by atoms with Gasteiger partial charge in [-0.05, 0) is 55.8 Å². The van der Waals surface area contributed by atoms with Crippen LogP contribution >= 0.6 is 0 Å². The second-order valence-electron chi connectivity index (χ2n) is 6.30. The van der Waals surface area contributed by atoms with E-state index >= 15 is 0 Å². The number of amides is 1. The molecule has 2 aromatic rings. The normalized spacial score (nSPS) is 14.9. The fourth-order valence-electron chi connectivity index (χ4n) is 2.80. The molecule has 8 heteroatoms. The molecule has 0 aliphatic heterocycles. The van der Waals surface area contributed by atoms with Gasteiger partial charge in [-0.25, -0.2) is 13.1 Å². The molecule has 140 valence electrons. The lowest BCUT2D eigenvalue weighted by Crippen LogP contribution is -2.20. The third-order valence-corrected chi connectivity index (χ3v) is 6.08. The first-order valence-electron chi connectivity index (χ1n) is 8.30. The molecule has 1 aliphatic rings. The molecule has 0 saturated heterocycles. The average Bonchev–Trinajstić information content (AvgIpc) is 3.49. The van der Waals surface area contributed by atoms with Crippen LogP contribution in [0.2, 0.25) is 0 Å². The summed E-state index contributed by atoms with van der Waals surface area (Å²) in [7, 11) is -1.12. The van der Waals surface area contributed by atoms with E-state index in [0.717, 1.165) is 18.4 Å². The first kappa shape index (κ1) is 18.9. The zero-order chi connectivity index (χ0) is 19.7. The van der Waals surface area contributed by atoms with E-state index in [1.165, 1.54) is 32.4 Å². The molecule has 2 aromatic carbocycles. The summed E-state index contributed by atoms with van der Waals surface area (Å²) < 4.78 is 31.5. The van der Waals surface area contributed by atoms with Gasteiger partial charge in [0, 0.05) is 11.3 Å². The van der Waals surface area contributed by atoms with E-state index in [0.29, 0.717) is 5.69 Å². The predicted molar refractivity (Wildman–Crippen MR) is 100 cm³/mol. The summed E-state index contributed by atoms with van der Waals surface area (Å²) in [4.78, 5) is 12.4. The summed E-state index contributed by atoms with van der Waals surface area (Å²) in [5.74, 6) is -0.295. The molecule has 0 unspecified atom stereocenters. The molecule has 2 N–H and O–H groups in total. The van der Waals surface area contributed by atoms with E-state index in [2.05, 4.69) is 16.1 Å². The Hall–Kier alpha value is -2.89. The molecule has 1 saturated carbocycles. The number of ether oxygens (including phenoxy) is 1.